The molecule has 2 aromatic carbocycles. The normalized spacial score (nSPS) is 11.2. The summed E-state index contributed by atoms with van der Waals surface area (Å²) < 4.78 is 29.8. The molecule has 0 atom stereocenters. The van der Waals surface area contributed by atoms with Crippen molar-refractivity contribution in [2.24, 2.45) is 0 Å². The number of sulfone groups is 1. The lowest BCUT2D eigenvalue weighted by molar-refractivity contribution is -0.113. The van der Waals surface area contributed by atoms with Crippen LogP contribution in [0.5, 0.6) is 11.5 Å². The first-order valence-corrected chi connectivity index (χ1v) is 10.6. The number of rotatable bonds is 9. The fraction of sp³-hybridized carbons (Fsp3) is 0.316. The van der Waals surface area contributed by atoms with Gasteiger partial charge in [-0.15, -0.1) is 0 Å². The smallest absolute Gasteiger partial charge is 0.239 e. The van der Waals surface area contributed by atoms with Crippen molar-refractivity contribution in [3.63, 3.8) is 0 Å². The van der Waals surface area contributed by atoms with Gasteiger partial charge in [0, 0.05) is 5.02 Å². The molecule has 7 heteroatoms. The van der Waals surface area contributed by atoms with Gasteiger partial charge >= 0.3 is 0 Å². The zero-order chi connectivity index (χ0) is 19.0. The van der Waals surface area contributed by atoms with Crippen LogP contribution in [0.2, 0.25) is 5.02 Å². The summed E-state index contributed by atoms with van der Waals surface area (Å²) in [6.07, 6.45) is 2.31. The number of amides is 1. The fourth-order valence-corrected chi connectivity index (χ4v) is 3.77. The Morgan fingerprint density at radius 1 is 1.12 bits per heavy atom. The highest BCUT2D eigenvalue weighted by atomic mass is 35.5. The lowest BCUT2D eigenvalue weighted by Crippen LogP contribution is -2.25. The number of nitrogens with one attached hydrogen (secondary N) is 1. The summed E-state index contributed by atoms with van der Waals surface area (Å²) in [5, 5.41) is 3.00. The molecule has 0 bridgehead atoms. The van der Waals surface area contributed by atoms with E-state index in [4.69, 9.17) is 16.3 Å². The number of ether oxygens (including phenoxy) is 1. The Hall–Kier alpha value is -2.05. The number of benzene rings is 2. The molecule has 0 aliphatic carbocycles. The number of unbranched alkanes of at least 4 members (excludes halogenated alkanes) is 2. The highest BCUT2D eigenvalue weighted by molar-refractivity contribution is 7.92. The van der Waals surface area contributed by atoms with Gasteiger partial charge in [-0.05, 0) is 36.8 Å². The third kappa shape index (κ3) is 6.69. The lowest BCUT2D eigenvalue weighted by Gasteiger charge is -2.13. The standard InChI is InChI=1S/C19H22ClNO4S/c1-2-3-7-12-26(23,24)14-19(22)21-17-13-15(20)10-11-18(17)25-16-8-5-4-6-9-16/h4-6,8-11,13H,2-3,7,12,14H2,1H3,(H,21,22). The highest BCUT2D eigenvalue weighted by Gasteiger charge is 2.18. The van der Waals surface area contributed by atoms with Crippen molar-refractivity contribution in [2.45, 2.75) is 26.2 Å². The van der Waals surface area contributed by atoms with E-state index in [0.29, 0.717) is 28.6 Å². The molecule has 0 spiro atoms. The molecule has 140 valence electrons. The number of halogens is 1. The summed E-state index contributed by atoms with van der Waals surface area (Å²) in [5.41, 5.74) is 0.329. The molecule has 0 aliphatic heterocycles. The van der Waals surface area contributed by atoms with Gasteiger partial charge in [-0.3, -0.25) is 4.79 Å². The number of carbonyl (C=O) groups excluding carboxylic acids is 1. The SMILES string of the molecule is CCCCCS(=O)(=O)CC(=O)Nc1cc(Cl)ccc1Oc1ccccc1. The minimum atomic E-state index is -3.44. The third-order valence-corrected chi connectivity index (χ3v) is 5.44. The van der Waals surface area contributed by atoms with Crippen LogP contribution in [0.25, 0.3) is 0 Å². The van der Waals surface area contributed by atoms with E-state index in [1.165, 1.54) is 6.07 Å². The summed E-state index contributed by atoms with van der Waals surface area (Å²) in [6, 6.07) is 13.9. The molecule has 0 aromatic heterocycles. The monoisotopic (exact) mass is 395 g/mol. The quantitative estimate of drug-likeness (QED) is 0.626. The average molecular weight is 396 g/mol. The summed E-state index contributed by atoms with van der Waals surface area (Å²) in [6.45, 7) is 1.99. The van der Waals surface area contributed by atoms with Crippen molar-refractivity contribution < 1.29 is 17.9 Å². The Bertz CT molecular complexity index is 838. The molecule has 0 aliphatic rings. The van der Waals surface area contributed by atoms with Crippen molar-refractivity contribution in [2.75, 3.05) is 16.8 Å². The topological polar surface area (TPSA) is 72.5 Å². The first-order valence-electron chi connectivity index (χ1n) is 8.42. The first kappa shape index (κ1) is 20.3. The Morgan fingerprint density at radius 3 is 2.54 bits per heavy atom. The van der Waals surface area contributed by atoms with E-state index in [9.17, 15) is 13.2 Å². The molecule has 26 heavy (non-hydrogen) atoms. The summed E-state index contributed by atoms with van der Waals surface area (Å²) in [5.74, 6) is -0.179. The molecule has 0 unspecified atom stereocenters. The van der Waals surface area contributed by atoms with Gasteiger partial charge in [-0.25, -0.2) is 8.42 Å². The van der Waals surface area contributed by atoms with E-state index >= 15 is 0 Å². The molecule has 0 saturated carbocycles. The minimum Gasteiger partial charge on any atom is -0.455 e. The predicted molar refractivity (Wildman–Crippen MR) is 105 cm³/mol. The van der Waals surface area contributed by atoms with Crippen LogP contribution in [0.4, 0.5) is 5.69 Å². The van der Waals surface area contributed by atoms with Gasteiger partial charge in [0.1, 0.15) is 11.5 Å². The van der Waals surface area contributed by atoms with Crippen molar-refractivity contribution in [3.05, 3.63) is 53.6 Å². The van der Waals surface area contributed by atoms with E-state index in [-0.39, 0.29) is 5.75 Å². The van der Waals surface area contributed by atoms with Gasteiger partial charge in [-0.2, -0.15) is 0 Å². The van der Waals surface area contributed by atoms with E-state index < -0.39 is 21.5 Å². The average Bonchev–Trinajstić information content (AvgIpc) is 2.58. The second kappa shape index (κ2) is 9.59. The van der Waals surface area contributed by atoms with Gasteiger partial charge < -0.3 is 10.1 Å². The molecule has 0 saturated heterocycles. The van der Waals surface area contributed by atoms with Gasteiger partial charge in [0.2, 0.25) is 5.91 Å². The molecule has 0 radical (unpaired) electrons. The van der Waals surface area contributed by atoms with Crippen LogP contribution in [-0.2, 0) is 14.6 Å². The van der Waals surface area contributed by atoms with Crippen LogP contribution >= 0.6 is 11.6 Å². The van der Waals surface area contributed by atoms with Crippen molar-refractivity contribution >= 4 is 33.0 Å². The van der Waals surface area contributed by atoms with Crippen LogP contribution in [0, 0.1) is 0 Å². The van der Waals surface area contributed by atoms with Crippen LogP contribution in [-0.4, -0.2) is 25.8 Å². The minimum absolute atomic E-state index is 0.0111. The first-order chi connectivity index (χ1) is 12.4. The van der Waals surface area contributed by atoms with E-state index in [1.54, 1.807) is 24.3 Å². The Kier molecular flexibility index (Phi) is 7.48. The number of hydrogen-bond acceptors (Lipinski definition) is 4. The largest absolute Gasteiger partial charge is 0.455 e. The zero-order valence-electron chi connectivity index (χ0n) is 14.6. The van der Waals surface area contributed by atoms with E-state index in [1.807, 2.05) is 25.1 Å². The van der Waals surface area contributed by atoms with Crippen molar-refractivity contribution in [3.8, 4) is 11.5 Å². The van der Waals surface area contributed by atoms with Crippen LogP contribution < -0.4 is 10.1 Å². The molecular weight excluding hydrogens is 374 g/mol. The summed E-state index contributed by atoms with van der Waals surface area (Å²) in [7, 11) is -3.44. The molecule has 5 nitrogen and oxygen atoms in total. The summed E-state index contributed by atoms with van der Waals surface area (Å²) >= 11 is 6.00. The highest BCUT2D eigenvalue weighted by Crippen LogP contribution is 2.32. The van der Waals surface area contributed by atoms with Gasteiger partial charge in [0.05, 0.1) is 11.4 Å². The maximum Gasteiger partial charge on any atom is 0.239 e. The van der Waals surface area contributed by atoms with Gasteiger partial charge in [0.25, 0.3) is 0 Å². The molecule has 0 fully saturated rings. The molecule has 1 N–H and O–H groups in total. The number of hydrogen-bond donors (Lipinski definition) is 1. The third-order valence-electron chi connectivity index (χ3n) is 3.60. The summed E-state index contributed by atoms with van der Waals surface area (Å²) in [4.78, 5) is 12.2. The van der Waals surface area contributed by atoms with Crippen LogP contribution in [0.15, 0.2) is 48.5 Å². The number of para-hydroxylation sites is 1. The number of anilines is 1. The second-order valence-corrected chi connectivity index (χ2v) is 8.52. The van der Waals surface area contributed by atoms with E-state index in [0.717, 1.165) is 12.8 Å². The predicted octanol–water partition coefficient (Wildman–Crippen LogP) is 4.68. The maximum atomic E-state index is 12.2. The van der Waals surface area contributed by atoms with E-state index in [2.05, 4.69) is 5.32 Å². The molecule has 2 aromatic rings. The van der Waals surface area contributed by atoms with Gasteiger partial charge in [-0.1, -0.05) is 49.6 Å². The Morgan fingerprint density at radius 2 is 1.85 bits per heavy atom. The maximum absolute atomic E-state index is 12.2. The Balaban J connectivity index is 2.08. The van der Waals surface area contributed by atoms with Crippen LogP contribution in [0.1, 0.15) is 26.2 Å². The molecular formula is C19H22ClNO4S. The molecule has 0 heterocycles. The van der Waals surface area contributed by atoms with Crippen LogP contribution in [0.3, 0.4) is 0 Å². The van der Waals surface area contributed by atoms with Crippen molar-refractivity contribution in [1.82, 2.24) is 0 Å². The molecule has 1 amide bonds. The second-order valence-electron chi connectivity index (χ2n) is 5.90. The Labute approximate surface area is 159 Å². The molecule has 2 rings (SSSR count). The van der Waals surface area contributed by atoms with Gasteiger partial charge in [0.15, 0.2) is 15.6 Å². The lowest BCUT2D eigenvalue weighted by atomic mass is 10.3. The number of carbonyl (C=O) groups is 1. The zero-order valence-corrected chi connectivity index (χ0v) is 16.1. The van der Waals surface area contributed by atoms with Crippen molar-refractivity contribution in [1.29, 1.82) is 0 Å². The fourth-order valence-electron chi connectivity index (χ4n) is 2.33.